The van der Waals surface area contributed by atoms with Crippen molar-refractivity contribution in [1.82, 2.24) is 4.90 Å². The van der Waals surface area contributed by atoms with Crippen LogP contribution in [0.1, 0.15) is 30.9 Å². The highest BCUT2D eigenvalue weighted by molar-refractivity contribution is 5.20. The molecule has 0 radical (unpaired) electrons. The molecule has 0 aromatic heterocycles. The second-order valence-corrected chi connectivity index (χ2v) is 5.23. The highest BCUT2D eigenvalue weighted by Gasteiger charge is 2.21. The number of ether oxygens (including phenoxy) is 1. The van der Waals surface area contributed by atoms with Crippen LogP contribution in [-0.4, -0.2) is 37.7 Å². The van der Waals surface area contributed by atoms with E-state index in [4.69, 9.17) is 10.5 Å². The van der Waals surface area contributed by atoms with Gasteiger partial charge in [0.25, 0.3) is 0 Å². The molecule has 2 rings (SSSR count). The first-order valence-electron chi connectivity index (χ1n) is 6.98. The van der Waals surface area contributed by atoms with Crippen LogP contribution in [0.2, 0.25) is 0 Å². The Balaban J connectivity index is 1.97. The van der Waals surface area contributed by atoms with E-state index in [0.29, 0.717) is 12.6 Å². The molecule has 2 unspecified atom stereocenters. The average molecular weight is 266 g/mol. The summed E-state index contributed by atoms with van der Waals surface area (Å²) in [6.45, 7) is 2.26. The zero-order chi connectivity index (χ0) is 13.7. The normalized spacial score (nSPS) is 21.6. The highest BCUT2D eigenvalue weighted by Crippen LogP contribution is 2.21. The minimum absolute atomic E-state index is 0.117. The molecule has 1 aromatic rings. The Hall–Kier alpha value is -0.970. The third-order valence-electron chi connectivity index (χ3n) is 3.78. The van der Waals surface area contributed by atoms with E-state index in [0.717, 1.165) is 25.1 Å². The van der Waals surface area contributed by atoms with Crippen molar-refractivity contribution >= 4 is 0 Å². The summed E-state index contributed by atoms with van der Waals surface area (Å²) < 4.78 is 18.7. The smallest absolute Gasteiger partial charge is 0.123 e. The maximum Gasteiger partial charge on any atom is 0.123 e. The van der Waals surface area contributed by atoms with Crippen LogP contribution in [0.5, 0.6) is 0 Å². The fourth-order valence-electron chi connectivity index (χ4n) is 2.66. The fraction of sp³-hybridized carbons (Fsp3) is 0.600. The minimum atomic E-state index is -0.210. The topological polar surface area (TPSA) is 38.5 Å². The lowest BCUT2D eigenvalue weighted by molar-refractivity contribution is -0.00778. The minimum Gasteiger partial charge on any atom is -0.377 e. The third-order valence-corrected chi connectivity index (χ3v) is 3.78. The Morgan fingerprint density at radius 3 is 2.68 bits per heavy atom. The summed E-state index contributed by atoms with van der Waals surface area (Å²) in [4.78, 5) is 2.21. The predicted octanol–water partition coefficient (Wildman–Crippen LogP) is 2.33. The summed E-state index contributed by atoms with van der Waals surface area (Å²) >= 11 is 0. The van der Waals surface area contributed by atoms with Crippen molar-refractivity contribution < 1.29 is 9.13 Å². The first-order chi connectivity index (χ1) is 9.20. The molecule has 1 aliphatic rings. The SMILES string of the molecule is CN(CC1CCCCO1)C(CN)c1ccc(F)cc1. The van der Waals surface area contributed by atoms with Crippen LogP contribution in [0.4, 0.5) is 4.39 Å². The van der Waals surface area contributed by atoms with Gasteiger partial charge in [-0.2, -0.15) is 0 Å². The van der Waals surface area contributed by atoms with E-state index in [1.807, 2.05) is 12.1 Å². The van der Waals surface area contributed by atoms with Crippen LogP contribution in [0.3, 0.4) is 0 Å². The van der Waals surface area contributed by atoms with Gasteiger partial charge in [0.15, 0.2) is 0 Å². The standard InChI is InChI=1S/C15H23FN2O/c1-18(11-14-4-2-3-9-19-14)15(10-17)12-5-7-13(16)8-6-12/h5-8,14-15H,2-4,9-11,17H2,1H3. The lowest BCUT2D eigenvalue weighted by Crippen LogP contribution is -2.38. The Bertz CT molecular complexity index is 376. The van der Waals surface area contributed by atoms with Crippen molar-refractivity contribution in [3.63, 3.8) is 0 Å². The predicted molar refractivity (Wildman–Crippen MR) is 74.4 cm³/mol. The van der Waals surface area contributed by atoms with Crippen molar-refractivity contribution in [2.24, 2.45) is 5.73 Å². The lowest BCUT2D eigenvalue weighted by Gasteiger charge is -2.32. The van der Waals surface area contributed by atoms with Crippen molar-refractivity contribution in [2.45, 2.75) is 31.4 Å². The molecule has 1 aromatic carbocycles. The van der Waals surface area contributed by atoms with E-state index in [9.17, 15) is 4.39 Å². The summed E-state index contributed by atoms with van der Waals surface area (Å²) in [6.07, 6.45) is 3.82. The molecule has 3 nitrogen and oxygen atoms in total. The van der Waals surface area contributed by atoms with Crippen molar-refractivity contribution in [3.05, 3.63) is 35.6 Å². The molecule has 4 heteroatoms. The second-order valence-electron chi connectivity index (χ2n) is 5.23. The number of likely N-dealkylation sites (N-methyl/N-ethyl adjacent to an activating group) is 1. The number of nitrogens with zero attached hydrogens (tertiary/aromatic N) is 1. The molecular weight excluding hydrogens is 243 g/mol. The molecule has 0 amide bonds. The van der Waals surface area contributed by atoms with Gasteiger partial charge in [-0.25, -0.2) is 4.39 Å². The maximum absolute atomic E-state index is 13.0. The van der Waals surface area contributed by atoms with E-state index in [2.05, 4.69) is 11.9 Å². The largest absolute Gasteiger partial charge is 0.377 e. The highest BCUT2D eigenvalue weighted by atomic mass is 19.1. The second kappa shape index (κ2) is 6.98. The Morgan fingerprint density at radius 1 is 1.37 bits per heavy atom. The van der Waals surface area contributed by atoms with Crippen molar-refractivity contribution in [2.75, 3.05) is 26.7 Å². The van der Waals surface area contributed by atoms with Gasteiger partial charge in [0.1, 0.15) is 5.82 Å². The van der Waals surface area contributed by atoms with Crippen molar-refractivity contribution in [3.8, 4) is 0 Å². The average Bonchev–Trinajstić information content (AvgIpc) is 2.43. The summed E-state index contributed by atoms with van der Waals surface area (Å²) in [5.74, 6) is -0.210. The first kappa shape index (κ1) is 14.4. The fourth-order valence-corrected chi connectivity index (χ4v) is 2.66. The molecule has 19 heavy (non-hydrogen) atoms. The molecule has 2 atom stereocenters. The van der Waals surface area contributed by atoms with Gasteiger partial charge < -0.3 is 10.5 Å². The van der Waals surface area contributed by atoms with Crippen LogP contribution in [0.25, 0.3) is 0 Å². The number of hydrogen-bond donors (Lipinski definition) is 1. The van der Waals surface area contributed by atoms with Gasteiger partial charge in [-0.3, -0.25) is 4.90 Å². The molecule has 106 valence electrons. The maximum atomic E-state index is 13.0. The number of halogens is 1. The zero-order valence-electron chi connectivity index (χ0n) is 11.5. The Kier molecular flexibility index (Phi) is 5.31. The molecule has 0 saturated carbocycles. The Morgan fingerprint density at radius 2 is 2.11 bits per heavy atom. The number of hydrogen-bond acceptors (Lipinski definition) is 3. The zero-order valence-corrected chi connectivity index (χ0v) is 11.5. The van der Waals surface area contributed by atoms with Gasteiger partial charge in [0, 0.05) is 25.7 Å². The van der Waals surface area contributed by atoms with Crippen LogP contribution in [0.15, 0.2) is 24.3 Å². The molecular formula is C15H23FN2O. The number of benzene rings is 1. The number of rotatable bonds is 5. The van der Waals surface area contributed by atoms with Gasteiger partial charge in [-0.05, 0) is 44.0 Å². The third kappa shape index (κ3) is 4.00. The Labute approximate surface area is 114 Å². The first-order valence-corrected chi connectivity index (χ1v) is 6.98. The van der Waals surface area contributed by atoms with E-state index in [1.165, 1.54) is 25.0 Å². The molecule has 1 aliphatic heterocycles. The van der Waals surface area contributed by atoms with Gasteiger partial charge in [-0.1, -0.05) is 12.1 Å². The van der Waals surface area contributed by atoms with Crippen molar-refractivity contribution in [1.29, 1.82) is 0 Å². The van der Waals surface area contributed by atoms with E-state index < -0.39 is 0 Å². The molecule has 0 bridgehead atoms. The molecule has 1 saturated heterocycles. The lowest BCUT2D eigenvalue weighted by atomic mass is 10.0. The molecule has 2 N–H and O–H groups in total. The van der Waals surface area contributed by atoms with Gasteiger partial charge in [0.2, 0.25) is 0 Å². The van der Waals surface area contributed by atoms with Gasteiger partial charge in [0.05, 0.1) is 6.10 Å². The van der Waals surface area contributed by atoms with Crippen LogP contribution in [0, 0.1) is 5.82 Å². The summed E-state index contributed by atoms with van der Waals surface area (Å²) in [6, 6.07) is 6.72. The van der Waals surface area contributed by atoms with Crippen LogP contribution >= 0.6 is 0 Å². The van der Waals surface area contributed by atoms with E-state index >= 15 is 0 Å². The van der Waals surface area contributed by atoms with Gasteiger partial charge in [-0.15, -0.1) is 0 Å². The number of nitrogens with two attached hydrogens (primary N) is 1. The molecule has 1 heterocycles. The summed E-state index contributed by atoms with van der Waals surface area (Å²) in [5.41, 5.74) is 6.93. The molecule has 0 aliphatic carbocycles. The quantitative estimate of drug-likeness (QED) is 0.889. The van der Waals surface area contributed by atoms with Crippen LogP contribution in [-0.2, 0) is 4.74 Å². The molecule has 1 fully saturated rings. The van der Waals surface area contributed by atoms with Gasteiger partial charge >= 0.3 is 0 Å². The van der Waals surface area contributed by atoms with E-state index in [-0.39, 0.29) is 11.9 Å². The van der Waals surface area contributed by atoms with Crippen LogP contribution < -0.4 is 5.73 Å². The molecule has 0 spiro atoms. The summed E-state index contributed by atoms with van der Waals surface area (Å²) in [5, 5.41) is 0. The van der Waals surface area contributed by atoms with E-state index in [1.54, 1.807) is 0 Å². The summed E-state index contributed by atoms with van der Waals surface area (Å²) in [7, 11) is 2.05. The monoisotopic (exact) mass is 266 g/mol.